The van der Waals surface area contributed by atoms with Crippen molar-refractivity contribution in [2.24, 2.45) is 11.7 Å². The molecule has 90 valence electrons. The molecule has 1 amide bonds. The predicted octanol–water partition coefficient (Wildman–Crippen LogP) is 1.73. The van der Waals surface area contributed by atoms with Crippen LogP contribution in [0.3, 0.4) is 0 Å². The van der Waals surface area contributed by atoms with E-state index in [1.54, 1.807) is 0 Å². The Morgan fingerprint density at radius 2 is 1.76 bits per heavy atom. The molecule has 1 aromatic rings. The minimum Gasteiger partial charge on any atom is -0.352 e. The van der Waals surface area contributed by atoms with Crippen molar-refractivity contribution in [3.8, 4) is 0 Å². The van der Waals surface area contributed by atoms with Gasteiger partial charge in [0.2, 0.25) is 5.91 Å². The zero-order valence-corrected chi connectivity index (χ0v) is 9.86. The van der Waals surface area contributed by atoms with Crippen molar-refractivity contribution >= 4 is 5.91 Å². The predicted molar refractivity (Wildman–Crippen MR) is 68.0 cm³/mol. The molecule has 0 heterocycles. The Hall–Kier alpha value is -1.61. The smallest absolute Gasteiger partial charge is 0.224 e. The molecule has 3 heteroatoms. The maximum absolute atomic E-state index is 11.8. The van der Waals surface area contributed by atoms with Crippen LogP contribution in [0.1, 0.15) is 24.0 Å². The van der Waals surface area contributed by atoms with Crippen LogP contribution in [0.5, 0.6) is 0 Å². The molecule has 1 aromatic carbocycles. The molecule has 1 aliphatic rings. The Kier molecular flexibility index (Phi) is 3.94. The molecule has 0 saturated carbocycles. The van der Waals surface area contributed by atoms with Crippen molar-refractivity contribution in [3.05, 3.63) is 47.5 Å². The maximum atomic E-state index is 11.8. The van der Waals surface area contributed by atoms with Crippen LogP contribution >= 0.6 is 0 Å². The number of nitrogens with two attached hydrogens (primary N) is 1. The van der Waals surface area contributed by atoms with Crippen LogP contribution in [-0.2, 0) is 17.9 Å². The van der Waals surface area contributed by atoms with Crippen molar-refractivity contribution in [2.75, 3.05) is 0 Å². The van der Waals surface area contributed by atoms with Gasteiger partial charge in [-0.3, -0.25) is 4.79 Å². The summed E-state index contributed by atoms with van der Waals surface area (Å²) in [4.78, 5) is 11.8. The normalized spacial score (nSPS) is 15.1. The number of rotatable bonds is 4. The van der Waals surface area contributed by atoms with Gasteiger partial charge in [-0.05, 0) is 24.0 Å². The fourth-order valence-electron chi connectivity index (χ4n) is 1.96. The molecule has 0 fully saturated rings. The zero-order chi connectivity index (χ0) is 12.1. The van der Waals surface area contributed by atoms with E-state index in [-0.39, 0.29) is 11.8 Å². The fraction of sp³-hybridized carbons (Fsp3) is 0.357. The van der Waals surface area contributed by atoms with E-state index in [1.807, 2.05) is 24.3 Å². The van der Waals surface area contributed by atoms with Gasteiger partial charge in [0, 0.05) is 19.0 Å². The second-order valence-electron chi connectivity index (χ2n) is 4.38. The van der Waals surface area contributed by atoms with Gasteiger partial charge in [-0.15, -0.1) is 0 Å². The Balaban J connectivity index is 1.82. The summed E-state index contributed by atoms with van der Waals surface area (Å²) in [5.74, 6) is 0.288. The third-order valence-electron chi connectivity index (χ3n) is 3.10. The van der Waals surface area contributed by atoms with E-state index in [9.17, 15) is 4.79 Å². The molecule has 1 aliphatic carbocycles. The molecule has 0 atom stereocenters. The van der Waals surface area contributed by atoms with Gasteiger partial charge in [-0.2, -0.15) is 0 Å². The van der Waals surface area contributed by atoms with Gasteiger partial charge in [0.15, 0.2) is 0 Å². The number of carbonyl (C=O) groups is 1. The number of amides is 1. The lowest BCUT2D eigenvalue weighted by atomic mass is 10.1. The van der Waals surface area contributed by atoms with Crippen molar-refractivity contribution in [1.29, 1.82) is 0 Å². The fourth-order valence-corrected chi connectivity index (χ4v) is 1.96. The summed E-state index contributed by atoms with van der Waals surface area (Å²) in [6.07, 6.45) is 5.89. The Morgan fingerprint density at radius 1 is 1.18 bits per heavy atom. The summed E-state index contributed by atoms with van der Waals surface area (Å²) in [5.41, 5.74) is 7.75. The molecule has 0 aromatic heterocycles. The Labute approximate surface area is 102 Å². The van der Waals surface area contributed by atoms with Crippen LogP contribution in [0.25, 0.3) is 0 Å². The lowest BCUT2D eigenvalue weighted by Gasteiger charge is -2.10. The number of hydrogen-bond acceptors (Lipinski definition) is 2. The van der Waals surface area contributed by atoms with E-state index < -0.39 is 0 Å². The number of nitrogens with one attached hydrogen (secondary N) is 1. The third kappa shape index (κ3) is 3.17. The van der Waals surface area contributed by atoms with Crippen LogP contribution in [0.2, 0.25) is 0 Å². The van der Waals surface area contributed by atoms with Crippen molar-refractivity contribution in [3.63, 3.8) is 0 Å². The van der Waals surface area contributed by atoms with Crippen LogP contribution in [0.15, 0.2) is 36.4 Å². The Bertz CT molecular complexity index is 401. The second kappa shape index (κ2) is 5.64. The number of allylic oxidation sites excluding steroid dienone is 2. The highest BCUT2D eigenvalue weighted by atomic mass is 16.1. The average molecular weight is 230 g/mol. The first-order valence-corrected chi connectivity index (χ1v) is 6.00. The Morgan fingerprint density at radius 3 is 2.35 bits per heavy atom. The molecule has 0 saturated heterocycles. The number of benzene rings is 1. The second-order valence-corrected chi connectivity index (χ2v) is 4.38. The summed E-state index contributed by atoms with van der Waals surface area (Å²) in [7, 11) is 0. The van der Waals surface area contributed by atoms with Gasteiger partial charge in [-0.1, -0.05) is 36.4 Å². The molecule has 0 spiro atoms. The van der Waals surface area contributed by atoms with Gasteiger partial charge >= 0.3 is 0 Å². The minimum absolute atomic E-state index is 0.137. The average Bonchev–Trinajstić information content (AvgIpc) is 2.90. The molecule has 3 nitrogen and oxygen atoms in total. The first-order chi connectivity index (χ1) is 8.29. The minimum atomic E-state index is 0.137. The first-order valence-electron chi connectivity index (χ1n) is 6.00. The van der Waals surface area contributed by atoms with Crippen LogP contribution in [-0.4, -0.2) is 5.91 Å². The molecule has 0 aliphatic heterocycles. The van der Waals surface area contributed by atoms with E-state index in [0.29, 0.717) is 13.1 Å². The standard InChI is InChI=1S/C14H18N2O/c15-9-11-5-7-12(8-6-11)10-16-14(17)13-3-1-2-4-13/h1-2,5-8,13H,3-4,9-10,15H2,(H,16,17). The zero-order valence-electron chi connectivity index (χ0n) is 9.86. The molecule has 0 unspecified atom stereocenters. The van der Waals surface area contributed by atoms with Gasteiger partial charge in [0.25, 0.3) is 0 Å². The highest BCUT2D eigenvalue weighted by Gasteiger charge is 2.18. The summed E-state index contributed by atoms with van der Waals surface area (Å²) in [6.45, 7) is 1.15. The van der Waals surface area contributed by atoms with Gasteiger partial charge in [-0.25, -0.2) is 0 Å². The van der Waals surface area contributed by atoms with Crippen LogP contribution < -0.4 is 11.1 Å². The van der Waals surface area contributed by atoms with E-state index in [1.165, 1.54) is 0 Å². The number of hydrogen-bond donors (Lipinski definition) is 2. The highest BCUT2D eigenvalue weighted by Crippen LogP contribution is 2.17. The highest BCUT2D eigenvalue weighted by molar-refractivity contribution is 5.79. The van der Waals surface area contributed by atoms with Gasteiger partial charge in [0.1, 0.15) is 0 Å². The molecule has 3 N–H and O–H groups in total. The van der Waals surface area contributed by atoms with Gasteiger partial charge < -0.3 is 11.1 Å². The summed E-state index contributed by atoms with van der Waals surface area (Å²) >= 11 is 0. The van der Waals surface area contributed by atoms with Gasteiger partial charge in [0.05, 0.1) is 0 Å². The molecular formula is C14H18N2O. The molecular weight excluding hydrogens is 212 g/mol. The van der Waals surface area contributed by atoms with E-state index in [0.717, 1.165) is 24.0 Å². The monoisotopic (exact) mass is 230 g/mol. The molecule has 17 heavy (non-hydrogen) atoms. The van der Waals surface area contributed by atoms with Crippen molar-refractivity contribution < 1.29 is 4.79 Å². The first kappa shape index (κ1) is 11.9. The van der Waals surface area contributed by atoms with Crippen LogP contribution in [0, 0.1) is 5.92 Å². The number of carbonyl (C=O) groups excluding carboxylic acids is 1. The summed E-state index contributed by atoms with van der Waals surface area (Å²) < 4.78 is 0. The van der Waals surface area contributed by atoms with Crippen LogP contribution in [0.4, 0.5) is 0 Å². The van der Waals surface area contributed by atoms with E-state index in [4.69, 9.17) is 5.73 Å². The van der Waals surface area contributed by atoms with E-state index >= 15 is 0 Å². The maximum Gasteiger partial charge on any atom is 0.224 e. The lowest BCUT2D eigenvalue weighted by molar-refractivity contribution is -0.124. The largest absolute Gasteiger partial charge is 0.352 e. The summed E-state index contributed by atoms with van der Waals surface area (Å²) in [6, 6.07) is 8.02. The molecule has 0 radical (unpaired) electrons. The third-order valence-corrected chi connectivity index (χ3v) is 3.10. The van der Waals surface area contributed by atoms with Crippen molar-refractivity contribution in [1.82, 2.24) is 5.32 Å². The van der Waals surface area contributed by atoms with Crippen molar-refractivity contribution in [2.45, 2.75) is 25.9 Å². The summed E-state index contributed by atoms with van der Waals surface area (Å²) in [5, 5.41) is 2.97. The molecule has 0 bridgehead atoms. The van der Waals surface area contributed by atoms with E-state index in [2.05, 4.69) is 17.5 Å². The molecule has 2 rings (SSSR count). The topological polar surface area (TPSA) is 55.1 Å². The quantitative estimate of drug-likeness (QED) is 0.774. The lowest BCUT2D eigenvalue weighted by Crippen LogP contribution is -2.28. The SMILES string of the molecule is NCc1ccc(CNC(=O)C2CC=CC2)cc1.